The van der Waals surface area contributed by atoms with E-state index in [1.165, 1.54) is 0 Å². The molecule has 1 saturated carbocycles. The van der Waals surface area contributed by atoms with Crippen LogP contribution in [0.4, 0.5) is 11.4 Å². The second-order valence-electron chi connectivity index (χ2n) is 6.50. The molecule has 5 heteroatoms. The molecule has 0 unspecified atom stereocenters. The fourth-order valence-corrected chi connectivity index (χ4v) is 1.82. The first kappa shape index (κ1) is 15.5. The number of amides is 2. The predicted molar refractivity (Wildman–Crippen MR) is 84.2 cm³/mol. The summed E-state index contributed by atoms with van der Waals surface area (Å²) in [5, 5.41) is 8.82. The summed E-state index contributed by atoms with van der Waals surface area (Å²) in [7, 11) is 0. The van der Waals surface area contributed by atoms with Gasteiger partial charge in [-0.3, -0.25) is 9.59 Å². The fraction of sp³-hybridized carbons (Fsp3) is 0.500. The molecule has 1 fully saturated rings. The molecule has 5 nitrogen and oxygen atoms in total. The average molecular weight is 289 g/mol. The van der Waals surface area contributed by atoms with Crippen LogP contribution in [0.3, 0.4) is 0 Å². The summed E-state index contributed by atoms with van der Waals surface area (Å²) < 4.78 is 0. The van der Waals surface area contributed by atoms with Gasteiger partial charge in [-0.05, 0) is 51.8 Å². The Balaban J connectivity index is 1.88. The second-order valence-corrected chi connectivity index (χ2v) is 6.50. The topological polar surface area (TPSA) is 70.2 Å². The van der Waals surface area contributed by atoms with Crippen molar-refractivity contribution in [2.75, 3.05) is 17.2 Å². The quantitative estimate of drug-likeness (QED) is 0.779. The summed E-state index contributed by atoms with van der Waals surface area (Å²) in [6.45, 7) is 6.28. The molecule has 0 radical (unpaired) electrons. The van der Waals surface area contributed by atoms with Crippen LogP contribution < -0.4 is 16.0 Å². The highest BCUT2D eigenvalue weighted by molar-refractivity contribution is 5.96. The molecule has 0 atom stereocenters. The molecule has 0 aromatic heterocycles. The third-order valence-electron chi connectivity index (χ3n) is 3.14. The fourth-order valence-electron chi connectivity index (χ4n) is 1.82. The van der Waals surface area contributed by atoms with Gasteiger partial charge in [0.2, 0.25) is 11.8 Å². The van der Waals surface area contributed by atoms with E-state index >= 15 is 0 Å². The molecule has 1 aliphatic carbocycles. The van der Waals surface area contributed by atoms with Crippen LogP contribution >= 0.6 is 0 Å². The van der Waals surface area contributed by atoms with E-state index in [-0.39, 0.29) is 29.8 Å². The van der Waals surface area contributed by atoms with Crippen LogP contribution in [-0.4, -0.2) is 23.9 Å². The molecule has 21 heavy (non-hydrogen) atoms. The van der Waals surface area contributed by atoms with Crippen molar-refractivity contribution in [2.45, 2.75) is 39.2 Å². The van der Waals surface area contributed by atoms with E-state index in [1.807, 2.05) is 39.0 Å². The summed E-state index contributed by atoms with van der Waals surface area (Å²) in [4.78, 5) is 23.6. The largest absolute Gasteiger partial charge is 0.326 e. The van der Waals surface area contributed by atoms with Gasteiger partial charge in [0.25, 0.3) is 0 Å². The standard InChI is InChI=1S/C16H23N3O2/c1-16(2,3)17-10-14(20)18-12-5-4-6-13(9-12)19-15(21)11-7-8-11/h4-6,9,11,17H,7-8,10H2,1-3H3,(H,18,20)(H,19,21). The van der Waals surface area contributed by atoms with Gasteiger partial charge >= 0.3 is 0 Å². The zero-order valence-electron chi connectivity index (χ0n) is 12.8. The average Bonchev–Trinajstić information content (AvgIpc) is 3.20. The number of benzene rings is 1. The second kappa shape index (κ2) is 6.26. The van der Waals surface area contributed by atoms with Crippen molar-refractivity contribution in [1.29, 1.82) is 0 Å². The lowest BCUT2D eigenvalue weighted by Gasteiger charge is -2.20. The highest BCUT2D eigenvalue weighted by Gasteiger charge is 2.29. The number of rotatable bonds is 5. The molecule has 0 spiro atoms. The summed E-state index contributed by atoms with van der Waals surface area (Å²) in [6.07, 6.45) is 1.95. The van der Waals surface area contributed by atoms with Crippen molar-refractivity contribution in [2.24, 2.45) is 5.92 Å². The molecule has 0 heterocycles. The van der Waals surface area contributed by atoms with Crippen LogP contribution in [0.25, 0.3) is 0 Å². The minimum atomic E-state index is -0.101. The molecule has 3 N–H and O–H groups in total. The van der Waals surface area contributed by atoms with E-state index < -0.39 is 0 Å². The Morgan fingerprint density at radius 1 is 1.14 bits per heavy atom. The number of anilines is 2. The van der Waals surface area contributed by atoms with Gasteiger partial charge in [-0.15, -0.1) is 0 Å². The molecule has 1 aliphatic rings. The monoisotopic (exact) mass is 289 g/mol. The van der Waals surface area contributed by atoms with Gasteiger partial charge in [-0.2, -0.15) is 0 Å². The van der Waals surface area contributed by atoms with Crippen molar-refractivity contribution in [1.82, 2.24) is 5.32 Å². The zero-order chi connectivity index (χ0) is 15.5. The third-order valence-corrected chi connectivity index (χ3v) is 3.14. The number of carbonyl (C=O) groups excluding carboxylic acids is 2. The normalized spacial score (nSPS) is 14.6. The Morgan fingerprint density at radius 3 is 2.33 bits per heavy atom. The SMILES string of the molecule is CC(C)(C)NCC(=O)Nc1cccc(NC(=O)C2CC2)c1. The van der Waals surface area contributed by atoms with Gasteiger partial charge in [0.15, 0.2) is 0 Å². The molecule has 1 aromatic rings. The van der Waals surface area contributed by atoms with Crippen LogP contribution in [0.2, 0.25) is 0 Å². The molecular formula is C16H23N3O2. The van der Waals surface area contributed by atoms with Crippen LogP contribution in [0.1, 0.15) is 33.6 Å². The maximum Gasteiger partial charge on any atom is 0.238 e. The first-order valence-electron chi connectivity index (χ1n) is 7.29. The number of nitrogens with one attached hydrogen (secondary N) is 3. The Labute approximate surface area is 125 Å². The van der Waals surface area contributed by atoms with E-state index in [1.54, 1.807) is 6.07 Å². The van der Waals surface area contributed by atoms with E-state index in [4.69, 9.17) is 0 Å². The van der Waals surface area contributed by atoms with E-state index in [0.717, 1.165) is 12.8 Å². The maximum atomic E-state index is 11.8. The highest BCUT2D eigenvalue weighted by Crippen LogP contribution is 2.30. The van der Waals surface area contributed by atoms with Gasteiger partial charge in [0, 0.05) is 22.8 Å². The third kappa shape index (κ3) is 5.55. The van der Waals surface area contributed by atoms with E-state index in [2.05, 4.69) is 16.0 Å². The van der Waals surface area contributed by atoms with Crippen molar-refractivity contribution in [3.8, 4) is 0 Å². The Morgan fingerprint density at radius 2 is 1.76 bits per heavy atom. The van der Waals surface area contributed by atoms with E-state index in [0.29, 0.717) is 11.4 Å². The van der Waals surface area contributed by atoms with Crippen LogP contribution in [-0.2, 0) is 9.59 Å². The summed E-state index contributed by atoms with van der Waals surface area (Å²) >= 11 is 0. The summed E-state index contributed by atoms with van der Waals surface area (Å²) in [5.41, 5.74) is 1.30. The lowest BCUT2D eigenvalue weighted by Crippen LogP contribution is -2.41. The lowest BCUT2D eigenvalue weighted by atomic mass is 10.1. The highest BCUT2D eigenvalue weighted by atomic mass is 16.2. The molecule has 1 aromatic carbocycles. The van der Waals surface area contributed by atoms with Gasteiger partial charge in [-0.25, -0.2) is 0 Å². The number of hydrogen-bond acceptors (Lipinski definition) is 3. The minimum Gasteiger partial charge on any atom is -0.326 e. The molecule has 114 valence electrons. The molecule has 0 saturated heterocycles. The Kier molecular flexibility index (Phi) is 4.63. The van der Waals surface area contributed by atoms with Gasteiger partial charge in [-0.1, -0.05) is 6.07 Å². The number of hydrogen-bond donors (Lipinski definition) is 3. The lowest BCUT2D eigenvalue weighted by molar-refractivity contribution is -0.117. The molecule has 2 amide bonds. The molecule has 0 aliphatic heterocycles. The van der Waals surface area contributed by atoms with Gasteiger partial charge in [0.05, 0.1) is 6.54 Å². The summed E-state index contributed by atoms with van der Waals surface area (Å²) in [6, 6.07) is 7.22. The van der Waals surface area contributed by atoms with Crippen molar-refractivity contribution >= 4 is 23.2 Å². The van der Waals surface area contributed by atoms with Crippen LogP contribution in [0.5, 0.6) is 0 Å². The Bertz CT molecular complexity index is 531. The smallest absolute Gasteiger partial charge is 0.238 e. The first-order chi connectivity index (χ1) is 9.83. The van der Waals surface area contributed by atoms with Crippen LogP contribution in [0, 0.1) is 5.92 Å². The molecular weight excluding hydrogens is 266 g/mol. The van der Waals surface area contributed by atoms with Crippen LogP contribution in [0.15, 0.2) is 24.3 Å². The van der Waals surface area contributed by atoms with Gasteiger partial charge in [0.1, 0.15) is 0 Å². The molecule has 0 bridgehead atoms. The first-order valence-corrected chi connectivity index (χ1v) is 7.29. The number of carbonyl (C=O) groups is 2. The zero-order valence-corrected chi connectivity index (χ0v) is 12.8. The Hall–Kier alpha value is -1.88. The summed E-state index contributed by atoms with van der Waals surface area (Å²) in [5.74, 6) is 0.128. The van der Waals surface area contributed by atoms with Crippen molar-refractivity contribution < 1.29 is 9.59 Å². The predicted octanol–water partition coefficient (Wildman–Crippen LogP) is 2.36. The van der Waals surface area contributed by atoms with E-state index in [9.17, 15) is 9.59 Å². The van der Waals surface area contributed by atoms with Crippen molar-refractivity contribution in [3.63, 3.8) is 0 Å². The van der Waals surface area contributed by atoms with Crippen molar-refractivity contribution in [3.05, 3.63) is 24.3 Å². The maximum absolute atomic E-state index is 11.8. The van der Waals surface area contributed by atoms with Gasteiger partial charge < -0.3 is 16.0 Å². The molecule has 2 rings (SSSR count). The minimum absolute atomic E-state index is 0.0628.